The molecule has 1 heterocycles. The number of rotatable bonds is 6. The number of nitrogens with one attached hydrogen (secondary N) is 1. The summed E-state index contributed by atoms with van der Waals surface area (Å²) >= 11 is 5.01. The molecule has 3 nitrogen and oxygen atoms in total. The molecule has 0 aliphatic rings. The highest BCUT2D eigenvalue weighted by Crippen LogP contribution is 2.28. The molecule has 0 fully saturated rings. The standard InChI is InChI=1S/C12H18BrNO2S/c1-8(6-7-16-3)14-12(15)9(2)10-4-5-11(13)17-10/h4-5,8-9H,6-7H2,1-3H3,(H,14,15)/t8-,9-/m0/s1. The second kappa shape index (κ2) is 7.13. The monoisotopic (exact) mass is 319 g/mol. The summed E-state index contributed by atoms with van der Waals surface area (Å²) in [6.07, 6.45) is 0.836. The molecule has 2 atom stereocenters. The molecule has 1 rings (SSSR count). The summed E-state index contributed by atoms with van der Waals surface area (Å²) in [5.41, 5.74) is 0. The predicted octanol–water partition coefficient (Wildman–Crippen LogP) is 3.16. The van der Waals surface area contributed by atoms with Gasteiger partial charge < -0.3 is 10.1 Å². The maximum Gasteiger partial charge on any atom is 0.228 e. The van der Waals surface area contributed by atoms with Gasteiger partial charge in [-0.3, -0.25) is 4.79 Å². The molecule has 0 aromatic carbocycles. The predicted molar refractivity (Wildman–Crippen MR) is 74.5 cm³/mol. The fourth-order valence-electron chi connectivity index (χ4n) is 1.42. The van der Waals surface area contributed by atoms with Crippen LogP contribution in [0.2, 0.25) is 0 Å². The van der Waals surface area contributed by atoms with Crippen LogP contribution in [0.3, 0.4) is 0 Å². The van der Waals surface area contributed by atoms with Gasteiger partial charge in [0, 0.05) is 24.6 Å². The van der Waals surface area contributed by atoms with Gasteiger partial charge in [-0.25, -0.2) is 0 Å². The number of carbonyl (C=O) groups excluding carboxylic acids is 1. The second-order valence-corrected chi connectivity index (χ2v) is 6.55. The molecule has 1 aromatic heterocycles. The highest BCUT2D eigenvalue weighted by atomic mass is 79.9. The minimum absolute atomic E-state index is 0.0722. The molecule has 5 heteroatoms. The minimum Gasteiger partial charge on any atom is -0.385 e. The van der Waals surface area contributed by atoms with Crippen LogP contribution in [0.4, 0.5) is 0 Å². The zero-order valence-corrected chi connectivity index (χ0v) is 12.7. The highest BCUT2D eigenvalue weighted by molar-refractivity contribution is 9.11. The van der Waals surface area contributed by atoms with Gasteiger partial charge in [0.25, 0.3) is 0 Å². The molecule has 0 aliphatic heterocycles. The largest absolute Gasteiger partial charge is 0.385 e. The first-order valence-corrected chi connectivity index (χ1v) is 7.20. The van der Waals surface area contributed by atoms with Gasteiger partial charge in [-0.05, 0) is 48.3 Å². The summed E-state index contributed by atoms with van der Waals surface area (Å²) in [5, 5.41) is 2.99. The Morgan fingerprint density at radius 1 is 1.53 bits per heavy atom. The maximum absolute atomic E-state index is 12.0. The minimum atomic E-state index is -0.101. The Bertz CT molecular complexity index is 367. The van der Waals surface area contributed by atoms with Crippen LogP contribution < -0.4 is 5.32 Å². The van der Waals surface area contributed by atoms with E-state index in [9.17, 15) is 4.79 Å². The molecule has 0 aliphatic carbocycles. The summed E-state index contributed by atoms with van der Waals surface area (Å²) in [7, 11) is 1.67. The fraction of sp³-hybridized carbons (Fsp3) is 0.583. The lowest BCUT2D eigenvalue weighted by Gasteiger charge is -2.16. The SMILES string of the molecule is COCC[C@H](C)NC(=O)[C@@H](C)c1ccc(Br)s1. The van der Waals surface area contributed by atoms with Crippen molar-refractivity contribution in [3.63, 3.8) is 0 Å². The van der Waals surface area contributed by atoms with Gasteiger partial charge in [0.1, 0.15) is 0 Å². The zero-order chi connectivity index (χ0) is 12.8. The van der Waals surface area contributed by atoms with Gasteiger partial charge in [0.15, 0.2) is 0 Å². The Morgan fingerprint density at radius 3 is 2.76 bits per heavy atom. The van der Waals surface area contributed by atoms with Crippen LogP contribution in [-0.2, 0) is 9.53 Å². The number of hydrogen-bond acceptors (Lipinski definition) is 3. The first-order valence-electron chi connectivity index (χ1n) is 5.59. The summed E-state index contributed by atoms with van der Waals surface area (Å²) in [5.74, 6) is -0.0285. The summed E-state index contributed by atoms with van der Waals surface area (Å²) in [6, 6.07) is 4.10. The van der Waals surface area contributed by atoms with Crippen LogP contribution in [0.5, 0.6) is 0 Å². The molecular formula is C12H18BrNO2S. The molecule has 0 saturated carbocycles. The Hall–Kier alpha value is -0.390. The molecule has 0 radical (unpaired) electrons. The van der Waals surface area contributed by atoms with E-state index in [0.29, 0.717) is 6.61 Å². The van der Waals surface area contributed by atoms with Crippen molar-refractivity contribution < 1.29 is 9.53 Å². The summed E-state index contributed by atoms with van der Waals surface area (Å²) in [6.45, 7) is 4.59. The maximum atomic E-state index is 12.0. The third kappa shape index (κ3) is 4.77. The van der Waals surface area contributed by atoms with Crippen molar-refractivity contribution in [2.24, 2.45) is 0 Å². The Morgan fingerprint density at radius 2 is 2.24 bits per heavy atom. The molecular weight excluding hydrogens is 302 g/mol. The normalized spacial score (nSPS) is 14.4. The molecule has 1 aromatic rings. The van der Waals surface area contributed by atoms with Crippen molar-refractivity contribution in [1.29, 1.82) is 0 Å². The lowest BCUT2D eigenvalue weighted by Crippen LogP contribution is -2.35. The van der Waals surface area contributed by atoms with Crippen LogP contribution in [0, 0.1) is 0 Å². The van der Waals surface area contributed by atoms with Gasteiger partial charge in [-0.1, -0.05) is 0 Å². The van der Waals surface area contributed by atoms with E-state index in [1.54, 1.807) is 18.4 Å². The van der Waals surface area contributed by atoms with Crippen molar-refractivity contribution in [2.75, 3.05) is 13.7 Å². The van der Waals surface area contributed by atoms with Crippen molar-refractivity contribution in [2.45, 2.75) is 32.2 Å². The fourth-order valence-corrected chi connectivity index (χ4v) is 2.90. The van der Waals surface area contributed by atoms with Crippen molar-refractivity contribution in [3.8, 4) is 0 Å². The quantitative estimate of drug-likeness (QED) is 0.874. The average Bonchev–Trinajstić information content (AvgIpc) is 2.72. The van der Waals surface area contributed by atoms with Gasteiger partial charge in [0.2, 0.25) is 5.91 Å². The van der Waals surface area contributed by atoms with Crippen LogP contribution >= 0.6 is 27.3 Å². The highest BCUT2D eigenvalue weighted by Gasteiger charge is 2.18. The number of ether oxygens (including phenoxy) is 1. The van der Waals surface area contributed by atoms with E-state index in [1.165, 1.54) is 0 Å². The van der Waals surface area contributed by atoms with Gasteiger partial charge >= 0.3 is 0 Å². The number of thiophene rings is 1. The Labute approximate surface area is 115 Å². The molecule has 1 amide bonds. The van der Waals surface area contributed by atoms with Crippen LogP contribution in [0.1, 0.15) is 31.1 Å². The zero-order valence-electron chi connectivity index (χ0n) is 10.3. The van der Waals surface area contributed by atoms with E-state index < -0.39 is 0 Å². The first-order chi connectivity index (χ1) is 8.04. The van der Waals surface area contributed by atoms with Crippen molar-refractivity contribution in [1.82, 2.24) is 5.32 Å². The van der Waals surface area contributed by atoms with E-state index >= 15 is 0 Å². The smallest absolute Gasteiger partial charge is 0.228 e. The Balaban J connectivity index is 2.47. The van der Waals surface area contributed by atoms with Crippen LogP contribution in [0.25, 0.3) is 0 Å². The topological polar surface area (TPSA) is 38.3 Å². The molecule has 0 unspecified atom stereocenters. The van der Waals surface area contributed by atoms with Crippen molar-refractivity contribution in [3.05, 3.63) is 20.8 Å². The van der Waals surface area contributed by atoms with Crippen LogP contribution in [0.15, 0.2) is 15.9 Å². The first kappa shape index (κ1) is 14.7. The van der Waals surface area contributed by atoms with Crippen LogP contribution in [-0.4, -0.2) is 25.7 Å². The third-order valence-electron chi connectivity index (χ3n) is 2.56. The van der Waals surface area contributed by atoms with E-state index in [-0.39, 0.29) is 17.9 Å². The summed E-state index contributed by atoms with van der Waals surface area (Å²) < 4.78 is 6.04. The number of carbonyl (C=O) groups is 1. The molecule has 0 spiro atoms. The lowest BCUT2D eigenvalue weighted by atomic mass is 10.1. The third-order valence-corrected chi connectivity index (χ3v) is 4.36. The average molecular weight is 320 g/mol. The lowest BCUT2D eigenvalue weighted by molar-refractivity contribution is -0.122. The van der Waals surface area contributed by atoms with Crippen molar-refractivity contribution >= 4 is 33.2 Å². The van der Waals surface area contributed by atoms with Gasteiger partial charge in [-0.15, -0.1) is 11.3 Å². The van der Waals surface area contributed by atoms with Gasteiger partial charge in [-0.2, -0.15) is 0 Å². The van der Waals surface area contributed by atoms with E-state index in [0.717, 1.165) is 15.1 Å². The van der Waals surface area contributed by atoms with E-state index in [4.69, 9.17) is 4.74 Å². The molecule has 1 N–H and O–H groups in total. The molecule has 0 saturated heterocycles. The van der Waals surface area contributed by atoms with E-state index in [2.05, 4.69) is 21.2 Å². The molecule has 17 heavy (non-hydrogen) atoms. The number of halogens is 1. The molecule has 0 bridgehead atoms. The Kier molecular flexibility index (Phi) is 6.16. The summed E-state index contributed by atoms with van der Waals surface area (Å²) in [4.78, 5) is 13.0. The second-order valence-electron chi connectivity index (χ2n) is 4.05. The number of amides is 1. The molecule has 96 valence electrons. The number of hydrogen-bond donors (Lipinski definition) is 1. The number of methoxy groups -OCH3 is 1. The van der Waals surface area contributed by atoms with Gasteiger partial charge in [0.05, 0.1) is 9.70 Å². The van der Waals surface area contributed by atoms with E-state index in [1.807, 2.05) is 26.0 Å².